The maximum absolute atomic E-state index is 6.18. The van der Waals surface area contributed by atoms with Gasteiger partial charge in [-0.05, 0) is 6.42 Å². The molecule has 0 fully saturated rings. The van der Waals surface area contributed by atoms with Crippen molar-refractivity contribution < 1.29 is 0 Å². The lowest BCUT2D eigenvalue weighted by molar-refractivity contribution is 0.653. The zero-order valence-electron chi connectivity index (χ0n) is 18.8. The molecule has 0 atom stereocenters. The molecule has 0 amide bonds. The SMILES string of the molecule is CC(C)(C)P(=S)(NCCCNP(=S)(C(C)(C)C)C(C)(C)C)C(C)(C)C. The minimum absolute atomic E-state index is 0.125. The van der Waals surface area contributed by atoms with Crippen LogP contribution >= 0.6 is 12.4 Å². The lowest BCUT2D eigenvalue weighted by Crippen LogP contribution is -2.39. The van der Waals surface area contributed by atoms with Gasteiger partial charge in [0.2, 0.25) is 0 Å². The summed E-state index contributed by atoms with van der Waals surface area (Å²) >= 11 is 12.4. The lowest BCUT2D eigenvalue weighted by atomic mass is 10.2. The highest BCUT2D eigenvalue weighted by molar-refractivity contribution is 8.15. The van der Waals surface area contributed by atoms with Gasteiger partial charge >= 0.3 is 0 Å². The highest BCUT2D eigenvalue weighted by Gasteiger charge is 2.42. The third kappa shape index (κ3) is 6.10. The molecule has 0 saturated heterocycles. The molecule has 0 aromatic heterocycles. The van der Waals surface area contributed by atoms with Crippen LogP contribution in [0.25, 0.3) is 0 Å². The largest absolute Gasteiger partial charge is 0.288 e. The summed E-state index contributed by atoms with van der Waals surface area (Å²) in [6.07, 6.45) is -2.32. The van der Waals surface area contributed by atoms with E-state index in [0.29, 0.717) is 0 Å². The molecule has 0 aromatic rings. The van der Waals surface area contributed by atoms with E-state index in [9.17, 15) is 0 Å². The minimum atomic E-state index is -1.69. The summed E-state index contributed by atoms with van der Waals surface area (Å²) in [6, 6.07) is 0. The van der Waals surface area contributed by atoms with Gasteiger partial charge in [-0.3, -0.25) is 10.2 Å². The molecular formula is C19H44N2P2S2. The molecular weight excluding hydrogens is 382 g/mol. The fraction of sp³-hybridized carbons (Fsp3) is 1.00. The van der Waals surface area contributed by atoms with E-state index in [-0.39, 0.29) is 20.6 Å². The second kappa shape index (κ2) is 8.30. The van der Waals surface area contributed by atoms with Crippen LogP contribution in [0.15, 0.2) is 0 Å². The van der Waals surface area contributed by atoms with Crippen molar-refractivity contribution >= 4 is 36.0 Å². The molecule has 0 aliphatic heterocycles. The molecule has 6 heteroatoms. The van der Waals surface area contributed by atoms with E-state index in [1.54, 1.807) is 0 Å². The van der Waals surface area contributed by atoms with Gasteiger partial charge in [0, 0.05) is 46.1 Å². The van der Waals surface area contributed by atoms with Gasteiger partial charge in [0.1, 0.15) is 0 Å². The second-order valence-electron chi connectivity index (χ2n) is 11.1. The van der Waals surface area contributed by atoms with Gasteiger partial charge in [-0.15, -0.1) is 0 Å². The first-order chi connectivity index (χ1) is 10.7. The van der Waals surface area contributed by atoms with Crippen molar-refractivity contribution in [1.82, 2.24) is 10.2 Å². The summed E-state index contributed by atoms with van der Waals surface area (Å²) in [6.45, 7) is 29.3. The van der Waals surface area contributed by atoms with E-state index in [0.717, 1.165) is 19.5 Å². The van der Waals surface area contributed by atoms with Crippen molar-refractivity contribution in [3.63, 3.8) is 0 Å². The molecule has 0 heterocycles. The Labute approximate surface area is 169 Å². The molecule has 0 aromatic carbocycles. The van der Waals surface area contributed by atoms with Crippen molar-refractivity contribution in [2.45, 2.75) is 110 Å². The predicted octanol–water partition coefficient (Wildman–Crippen LogP) is 6.54. The quantitative estimate of drug-likeness (QED) is 0.372. The highest BCUT2D eigenvalue weighted by Crippen LogP contribution is 2.64. The molecule has 0 aliphatic rings. The summed E-state index contributed by atoms with van der Waals surface area (Å²) in [5, 5.41) is 8.11. The Morgan fingerprint density at radius 1 is 0.520 bits per heavy atom. The Bertz CT molecular complexity index is 446. The highest BCUT2D eigenvalue weighted by atomic mass is 32.4. The van der Waals surface area contributed by atoms with Crippen LogP contribution in [0.3, 0.4) is 0 Å². The van der Waals surface area contributed by atoms with Crippen LogP contribution in [0.1, 0.15) is 89.5 Å². The van der Waals surface area contributed by atoms with E-state index in [1.807, 2.05) is 0 Å². The summed E-state index contributed by atoms with van der Waals surface area (Å²) in [4.78, 5) is 0. The van der Waals surface area contributed by atoms with Crippen LogP contribution in [0.5, 0.6) is 0 Å². The third-order valence-electron chi connectivity index (χ3n) is 4.80. The first kappa shape index (κ1) is 26.2. The Morgan fingerprint density at radius 3 is 0.880 bits per heavy atom. The number of nitrogens with one attached hydrogen (secondary N) is 2. The average Bonchev–Trinajstić information content (AvgIpc) is 2.32. The van der Waals surface area contributed by atoms with Gasteiger partial charge in [-0.25, -0.2) is 0 Å². The standard InChI is InChI=1S/C19H44N2P2S2/c1-16(2,3)22(24,17(4,5)6)20-14-13-15-21-23(25,18(7,8)9)19(10,11)12/h13-15H2,1-12H3,(H,20,24)(H,21,25). The fourth-order valence-electron chi connectivity index (χ4n) is 3.52. The molecule has 0 rings (SSSR count). The Hall–Kier alpha value is 1.22. The lowest BCUT2D eigenvalue weighted by Gasteiger charge is -2.46. The third-order valence-corrected chi connectivity index (χ3v) is 21.0. The number of rotatable bonds is 6. The van der Waals surface area contributed by atoms with Crippen molar-refractivity contribution in [2.24, 2.45) is 0 Å². The monoisotopic (exact) mass is 426 g/mol. The zero-order chi connectivity index (χ0) is 20.5. The van der Waals surface area contributed by atoms with Crippen molar-refractivity contribution in [1.29, 1.82) is 0 Å². The van der Waals surface area contributed by atoms with Gasteiger partial charge in [-0.2, -0.15) is 0 Å². The molecule has 2 nitrogen and oxygen atoms in total. The number of hydrogen-bond donors (Lipinski definition) is 2. The first-order valence-electron chi connectivity index (χ1n) is 9.41. The molecule has 0 bridgehead atoms. The summed E-state index contributed by atoms with van der Waals surface area (Å²) in [5.74, 6) is 0. The predicted molar refractivity (Wildman–Crippen MR) is 128 cm³/mol. The van der Waals surface area contributed by atoms with Gasteiger partial charge < -0.3 is 0 Å². The molecule has 25 heavy (non-hydrogen) atoms. The van der Waals surface area contributed by atoms with Gasteiger partial charge in [0.15, 0.2) is 0 Å². The maximum Gasteiger partial charge on any atom is 0.0227 e. The normalized spacial score (nSPS) is 15.5. The van der Waals surface area contributed by atoms with Crippen LogP contribution in [0.2, 0.25) is 0 Å². The molecule has 0 unspecified atom stereocenters. The molecule has 0 aliphatic carbocycles. The topological polar surface area (TPSA) is 24.1 Å². The summed E-state index contributed by atoms with van der Waals surface area (Å²) in [5.41, 5.74) is 0. The molecule has 152 valence electrons. The van der Waals surface area contributed by atoms with E-state index in [2.05, 4.69) is 93.3 Å². The van der Waals surface area contributed by atoms with Crippen LogP contribution in [-0.4, -0.2) is 33.7 Å². The van der Waals surface area contributed by atoms with Crippen LogP contribution < -0.4 is 10.2 Å². The van der Waals surface area contributed by atoms with Gasteiger partial charge in [0.05, 0.1) is 0 Å². The van der Waals surface area contributed by atoms with Crippen molar-refractivity contribution in [3.05, 3.63) is 0 Å². The molecule has 0 radical (unpaired) electrons. The number of hydrogen-bond acceptors (Lipinski definition) is 2. The first-order valence-corrected chi connectivity index (χ1v) is 15.0. The summed E-state index contributed by atoms with van der Waals surface area (Å²) in [7, 11) is 0. The van der Waals surface area contributed by atoms with E-state index in [4.69, 9.17) is 23.6 Å². The Balaban J connectivity index is 4.94. The van der Waals surface area contributed by atoms with Crippen molar-refractivity contribution in [2.75, 3.05) is 13.1 Å². The smallest absolute Gasteiger partial charge is 0.0227 e. The molecule has 0 spiro atoms. The maximum atomic E-state index is 6.18. The van der Waals surface area contributed by atoms with E-state index < -0.39 is 12.4 Å². The van der Waals surface area contributed by atoms with Crippen LogP contribution in [0, 0.1) is 0 Å². The fourth-order valence-corrected chi connectivity index (χ4v) is 10.9. The van der Waals surface area contributed by atoms with Gasteiger partial charge in [-0.1, -0.05) is 107 Å². The molecule has 2 N–H and O–H groups in total. The Morgan fingerprint density at radius 2 is 0.720 bits per heavy atom. The van der Waals surface area contributed by atoms with Crippen LogP contribution in [-0.2, 0) is 23.6 Å². The zero-order valence-corrected chi connectivity index (χ0v) is 22.3. The van der Waals surface area contributed by atoms with E-state index >= 15 is 0 Å². The Kier molecular flexibility index (Phi) is 8.70. The van der Waals surface area contributed by atoms with Gasteiger partial charge in [0.25, 0.3) is 0 Å². The van der Waals surface area contributed by atoms with Crippen molar-refractivity contribution in [3.8, 4) is 0 Å². The summed E-state index contributed by atoms with van der Waals surface area (Å²) < 4.78 is 0. The van der Waals surface area contributed by atoms with E-state index in [1.165, 1.54) is 0 Å². The van der Waals surface area contributed by atoms with Crippen LogP contribution in [0.4, 0.5) is 0 Å². The molecule has 0 saturated carbocycles. The minimum Gasteiger partial charge on any atom is -0.288 e. The average molecular weight is 427 g/mol. The second-order valence-corrected chi connectivity index (χ2v) is 22.8.